The van der Waals surface area contributed by atoms with Gasteiger partial charge in [-0.15, -0.1) is 12.4 Å². The lowest BCUT2D eigenvalue weighted by molar-refractivity contribution is 0.0985. The van der Waals surface area contributed by atoms with Gasteiger partial charge in [-0.2, -0.15) is 0 Å². The molecule has 174 valence electrons. The van der Waals surface area contributed by atoms with Crippen LogP contribution in [0.2, 0.25) is 0 Å². The Morgan fingerprint density at radius 3 is 2.31 bits per heavy atom. The number of carbonyl (C=O) groups is 1. The lowest BCUT2D eigenvalue weighted by Crippen LogP contribution is -2.36. The van der Waals surface area contributed by atoms with Gasteiger partial charge in [-0.05, 0) is 64.3 Å². The molecule has 0 aliphatic heterocycles. The molecule has 7 nitrogen and oxygen atoms in total. The van der Waals surface area contributed by atoms with Gasteiger partial charge < -0.3 is 9.64 Å². The molecule has 0 aliphatic rings. The van der Waals surface area contributed by atoms with Crippen LogP contribution in [0.3, 0.4) is 0 Å². The lowest BCUT2D eigenvalue weighted by Gasteiger charge is -2.22. The molecule has 1 amide bonds. The summed E-state index contributed by atoms with van der Waals surface area (Å²) >= 11 is 1.31. The summed E-state index contributed by atoms with van der Waals surface area (Å²) < 4.78 is 30.7. The van der Waals surface area contributed by atoms with E-state index in [-0.39, 0.29) is 29.3 Å². The van der Waals surface area contributed by atoms with Gasteiger partial charge in [-0.1, -0.05) is 17.4 Å². The van der Waals surface area contributed by atoms with Gasteiger partial charge in [0.25, 0.3) is 5.91 Å². The summed E-state index contributed by atoms with van der Waals surface area (Å²) in [7, 11) is 0.427. The number of hydrogen-bond donors (Lipinski definition) is 0. The van der Waals surface area contributed by atoms with E-state index in [2.05, 4.69) is 4.98 Å². The van der Waals surface area contributed by atoms with E-state index < -0.39 is 9.84 Å². The van der Waals surface area contributed by atoms with Gasteiger partial charge >= 0.3 is 0 Å². The first-order valence-electron chi connectivity index (χ1n) is 9.89. The average molecular weight is 498 g/mol. The molecule has 0 saturated heterocycles. The molecule has 32 heavy (non-hydrogen) atoms. The van der Waals surface area contributed by atoms with E-state index in [1.165, 1.54) is 11.3 Å². The van der Waals surface area contributed by atoms with Crippen LogP contribution in [0.1, 0.15) is 24.2 Å². The highest BCUT2D eigenvalue weighted by atomic mass is 35.5. The highest BCUT2D eigenvalue weighted by molar-refractivity contribution is 7.91. The number of para-hydroxylation sites is 1. The third-order valence-electron chi connectivity index (χ3n) is 4.49. The zero-order valence-electron chi connectivity index (χ0n) is 18.7. The molecule has 1 heterocycles. The summed E-state index contributed by atoms with van der Waals surface area (Å²) in [4.78, 5) is 21.7. The fourth-order valence-corrected chi connectivity index (χ4v) is 4.93. The number of nitrogens with zero attached hydrogens (tertiary/aromatic N) is 3. The smallest absolute Gasteiger partial charge is 0.260 e. The number of ether oxygens (including phenoxy) is 1. The summed E-state index contributed by atoms with van der Waals surface area (Å²) in [5.74, 6) is 0.502. The number of anilines is 1. The molecular formula is C22H28ClN3O4S2. The molecule has 10 heteroatoms. The fraction of sp³-hybridized carbons (Fsp3) is 0.364. The molecule has 2 aromatic carbocycles. The molecule has 0 fully saturated rings. The summed E-state index contributed by atoms with van der Waals surface area (Å²) in [6.07, 6.45) is 1.21. The van der Waals surface area contributed by atoms with E-state index >= 15 is 0 Å². The van der Waals surface area contributed by atoms with Crippen molar-refractivity contribution in [2.75, 3.05) is 38.3 Å². The van der Waals surface area contributed by atoms with Gasteiger partial charge in [0.05, 0.1) is 15.7 Å². The van der Waals surface area contributed by atoms with Crippen LogP contribution in [-0.4, -0.2) is 63.8 Å². The number of sulfone groups is 1. The molecule has 0 atom stereocenters. The van der Waals surface area contributed by atoms with Crippen LogP contribution in [0.15, 0.2) is 47.4 Å². The Morgan fingerprint density at radius 2 is 1.75 bits per heavy atom. The maximum absolute atomic E-state index is 13.4. The van der Waals surface area contributed by atoms with Crippen molar-refractivity contribution in [2.24, 2.45) is 0 Å². The van der Waals surface area contributed by atoms with Gasteiger partial charge in [0.2, 0.25) is 0 Å². The highest BCUT2D eigenvalue weighted by Crippen LogP contribution is 2.33. The van der Waals surface area contributed by atoms with Crippen LogP contribution in [0.25, 0.3) is 10.2 Å². The zero-order chi connectivity index (χ0) is 22.8. The molecule has 1 aromatic heterocycles. The predicted molar refractivity (Wildman–Crippen MR) is 132 cm³/mol. The largest absolute Gasteiger partial charge is 0.491 e. The Morgan fingerprint density at radius 1 is 1.09 bits per heavy atom. The lowest BCUT2D eigenvalue weighted by atomic mass is 10.2. The third-order valence-corrected chi connectivity index (χ3v) is 6.66. The van der Waals surface area contributed by atoms with Gasteiger partial charge in [0.1, 0.15) is 11.3 Å². The van der Waals surface area contributed by atoms with E-state index in [4.69, 9.17) is 4.74 Å². The summed E-state index contributed by atoms with van der Waals surface area (Å²) in [5, 5.41) is 0.473. The quantitative estimate of drug-likeness (QED) is 0.465. The first kappa shape index (κ1) is 26.1. The monoisotopic (exact) mass is 497 g/mol. The van der Waals surface area contributed by atoms with Crippen LogP contribution in [0, 0.1) is 0 Å². The minimum absolute atomic E-state index is 0. The van der Waals surface area contributed by atoms with Crippen molar-refractivity contribution in [3.8, 4) is 5.75 Å². The molecule has 0 unspecified atom stereocenters. The minimum atomic E-state index is -3.44. The van der Waals surface area contributed by atoms with E-state index in [9.17, 15) is 13.2 Å². The van der Waals surface area contributed by atoms with Crippen LogP contribution < -0.4 is 9.64 Å². The Kier molecular flexibility index (Phi) is 8.64. The number of fused-ring (bicyclic) bond motifs is 1. The van der Waals surface area contributed by atoms with Crippen molar-refractivity contribution >= 4 is 54.8 Å². The second kappa shape index (κ2) is 10.6. The van der Waals surface area contributed by atoms with Crippen LogP contribution in [0.5, 0.6) is 5.75 Å². The van der Waals surface area contributed by atoms with E-state index in [1.807, 2.05) is 38.9 Å². The number of thiazole rings is 1. The summed E-state index contributed by atoms with van der Waals surface area (Å²) in [6.45, 7) is 4.94. The number of carbonyl (C=O) groups excluding carboxylic acids is 1. The number of benzene rings is 2. The van der Waals surface area contributed by atoms with Crippen LogP contribution in [-0.2, 0) is 9.84 Å². The second-order valence-corrected chi connectivity index (χ2v) is 10.8. The third kappa shape index (κ3) is 6.19. The van der Waals surface area contributed by atoms with Gasteiger partial charge in [0, 0.05) is 24.9 Å². The van der Waals surface area contributed by atoms with E-state index in [0.29, 0.717) is 35.1 Å². The molecule has 0 saturated carbocycles. The highest BCUT2D eigenvalue weighted by Gasteiger charge is 2.23. The van der Waals surface area contributed by atoms with Crippen molar-refractivity contribution < 1.29 is 17.9 Å². The molecule has 3 aromatic rings. The Balaban J connectivity index is 0.00000363. The normalized spacial score (nSPS) is 11.6. The number of likely N-dealkylation sites (N-methyl/N-ethyl adjacent to an activating group) is 1. The van der Waals surface area contributed by atoms with Crippen molar-refractivity contribution in [1.82, 2.24) is 9.88 Å². The van der Waals surface area contributed by atoms with Gasteiger partial charge in [0.15, 0.2) is 15.0 Å². The standard InChI is InChI=1S/C22H27N3O4S2.ClH/c1-15(2)29-17-11-9-16(10-12-17)21(26)25(14-13-24(3)4)22-23-20-18(30-22)7-6-8-19(20)31(5,27)28;/h6-12,15H,13-14H2,1-5H3;1H. The van der Waals surface area contributed by atoms with E-state index in [0.717, 1.165) is 11.0 Å². The Labute approximate surface area is 199 Å². The number of aromatic nitrogens is 1. The van der Waals surface area contributed by atoms with Crippen molar-refractivity contribution in [2.45, 2.75) is 24.8 Å². The van der Waals surface area contributed by atoms with Crippen LogP contribution in [0.4, 0.5) is 5.13 Å². The molecular weight excluding hydrogens is 470 g/mol. The molecule has 3 rings (SSSR count). The predicted octanol–water partition coefficient (Wildman–Crippen LogP) is 4.12. The maximum atomic E-state index is 13.4. The summed E-state index contributed by atoms with van der Waals surface area (Å²) in [6, 6.07) is 12.1. The average Bonchev–Trinajstić information content (AvgIpc) is 3.10. The zero-order valence-corrected chi connectivity index (χ0v) is 21.2. The number of halogens is 1. The molecule has 0 spiro atoms. The van der Waals surface area contributed by atoms with Crippen molar-refractivity contribution in [3.05, 3.63) is 48.0 Å². The van der Waals surface area contributed by atoms with Gasteiger partial charge in [-0.3, -0.25) is 9.69 Å². The van der Waals surface area contributed by atoms with Crippen molar-refractivity contribution in [1.29, 1.82) is 0 Å². The molecule has 0 aliphatic carbocycles. The summed E-state index contributed by atoms with van der Waals surface area (Å²) in [5.41, 5.74) is 0.908. The molecule has 0 N–H and O–H groups in total. The SMILES string of the molecule is CC(C)Oc1ccc(C(=O)N(CCN(C)C)c2nc3c(S(C)(=O)=O)cccc3s2)cc1.Cl. The topological polar surface area (TPSA) is 79.8 Å². The van der Waals surface area contributed by atoms with Crippen LogP contribution >= 0.6 is 23.7 Å². The minimum Gasteiger partial charge on any atom is -0.491 e. The number of hydrogen-bond acceptors (Lipinski definition) is 7. The first-order chi connectivity index (χ1) is 14.6. The van der Waals surface area contributed by atoms with E-state index in [1.54, 1.807) is 41.3 Å². The maximum Gasteiger partial charge on any atom is 0.260 e. The number of rotatable bonds is 8. The molecule has 0 radical (unpaired) electrons. The van der Waals surface area contributed by atoms with Gasteiger partial charge in [-0.25, -0.2) is 13.4 Å². The Hall–Kier alpha value is -2.20. The Bertz CT molecular complexity index is 1180. The second-order valence-electron chi connectivity index (χ2n) is 7.82. The van der Waals surface area contributed by atoms with Crippen molar-refractivity contribution in [3.63, 3.8) is 0 Å². The number of amides is 1. The molecule has 0 bridgehead atoms. The first-order valence-corrected chi connectivity index (χ1v) is 12.6. The fourth-order valence-electron chi connectivity index (χ4n) is 3.01.